The van der Waals surface area contributed by atoms with Crippen LogP contribution >= 0.6 is 0 Å². The van der Waals surface area contributed by atoms with E-state index in [1.54, 1.807) is 6.20 Å². The second-order valence-electron chi connectivity index (χ2n) is 8.73. The molecule has 7 nitrogen and oxygen atoms in total. The van der Waals surface area contributed by atoms with Crippen LogP contribution < -0.4 is 5.73 Å². The summed E-state index contributed by atoms with van der Waals surface area (Å²) in [5.74, 6) is -0.925. The van der Waals surface area contributed by atoms with Gasteiger partial charge in [0.2, 0.25) is 0 Å². The first-order chi connectivity index (χ1) is 14.2. The van der Waals surface area contributed by atoms with E-state index < -0.39 is 27.7 Å². The minimum Gasteiger partial charge on any atom is -0.326 e. The van der Waals surface area contributed by atoms with Gasteiger partial charge in [0, 0.05) is 49.0 Å². The summed E-state index contributed by atoms with van der Waals surface area (Å²) in [5, 5.41) is 4.05. The fraction of sp³-hybridized carbons (Fsp3) is 0.550. The van der Waals surface area contributed by atoms with Gasteiger partial charge >= 0.3 is 0 Å². The Labute approximate surface area is 174 Å². The van der Waals surface area contributed by atoms with Gasteiger partial charge in [0.15, 0.2) is 0 Å². The SMILES string of the molecule is CN1CC(N2Cc3cn(S(=O)(=O)C4CC4)nc3C2)CC(N)C1c1cc(F)ccc1F. The summed E-state index contributed by atoms with van der Waals surface area (Å²) in [4.78, 5) is 4.21. The number of likely N-dealkylation sites (N-methyl/N-ethyl adjacent to an activating group) is 1. The Bertz CT molecular complexity index is 1050. The normalized spacial score (nSPS) is 28.1. The Morgan fingerprint density at radius 2 is 1.97 bits per heavy atom. The highest BCUT2D eigenvalue weighted by molar-refractivity contribution is 7.90. The van der Waals surface area contributed by atoms with E-state index in [4.69, 9.17) is 5.73 Å². The van der Waals surface area contributed by atoms with Crippen LogP contribution in [0.25, 0.3) is 0 Å². The minimum absolute atomic E-state index is 0.126. The van der Waals surface area contributed by atoms with Crippen LogP contribution in [0.5, 0.6) is 0 Å². The van der Waals surface area contributed by atoms with Crippen LogP contribution in [-0.4, -0.2) is 58.3 Å². The Morgan fingerprint density at radius 1 is 1.20 bits per heavy atom. The van der Waals surface area contributed by atoms with Gasteiger partial charge < -0.3 is 5.73 Å². The summed E-state index contributed by atoms with van der Waals surface area (Å²) in [6.07, 6.45) is 3.69. The molecule has 0 spiro atoms. The van der Waals surface area contributed by atoms with E-state index in [0.29, 0.717) is 38.9 Å². The number of hydrogen-bond donors (Lipinski definition) is 1. The van der Waals surface area contributed by atoms with Gasteiger partial charge in [-0.15, -0.1) is 0 Å². The predicted octanol–water partition coefficient (Wildman–Crippen LogP) is 1.59. The van der Waals surface area contributed by atoms with E-state index in [0.717, 1.165) is 27.5 Å². The van der Waals surface area contributed by atoms with Crippen molar-refractivity contribution in [3.05, 3.63) is 52.9 Å². The zero-order chi connectivity index (χ0) is 21.2. The molecule has 1 aliphatic carbocycles. The molecular formula is C20H25F2N5O2S. The zero-order valence-corrected chi connectivity index (χ0v) is 17.5. The number of halogens is 2. The third kappa shape index (κ3) is 3.35. The van der Waals surface area contributed by atoms with Crippen LogP contribution in [0.3, 0.4) is 0 Å². The van der Waals surface area contributed by atoms with Crippen molar-refractivity contribution >= 4 is 10.0 Å². The van der Waals surface area contributed by atoms with Crippen molar-refractivity contribution in [1.29, 1.82) is 0 Å². The molecule has 10 heteroatoms. The van der Waals surface area contributed by atoms with E-state index in [1.165, 1.54) is 6.07 Å². The predicted molar refractivity (Wildman–Crippen MR) is 107 cm³/mol. The maximum absolute atomic E-state index is 14.3. The molecule has 2 aliphatic heterocycles. The molecule has 1 saturated heterocycles. The van der Waals surface area contributed by atoms with E-state index >= 15 is 0 Å². The van der Waals surface area contributed by atoms with Gasteiger partial charge in [0.25, 0.3) is 10.0 Å². The molecule has 1 saturated carbocycles. The number of piperidine rings is 1. The molecule has 1 aromatic heterocycles. The topological polar surface area (TPSA) is 84.5 Å². The number of fused-ring (bicyclic) bond motifs is 1. The molecule has 0 bridgehead atoms. The number of likely N-dealkylation sites (tertiary alicyclic amines) is 1. The largest absolute Gasteiger partial charge is 0.326 e. The Hall–Kier alpha value is -1.88. The van der Waals surface area contributed by atoms with Gasteiger partial charge in [-0.2, -0.15) is 9.19 Å². The van der Waals surface area contributed by atoms with E-state index in [9.17, 15) is 17.2 Å². The molecule has 162 valence electrons. The average molecular weight is 438 g/mol. The van der Waals surface area contributed by atoms with E-state index in [1.807, 2.05) is 11.9 Å². The van der Waals surface area contributed by atoms with Crippen molar-refractivity contribution in [3.8, 4) is 0 Å². The monoisotopic (exact) mass is 437 g/mol. The molecule has 3 atom stereocenters. The van der Waals surface area contributed by atoms with Crippen molar-refractivity contribution in [2.24, 2.45) is 5.73 Å². The van der Waals surface area contributed by atoms with Gasteiger partial charge in [-0.3, -0.25) is 9.80 Å². The fourth-order valence-electron chi connectivity index (χ4n) is 4.82. The molecule has 3 aliphatic rings. The third-order valence-electron chi connectivity index (χ3n) is 6.51. The van der Waals surface area contributed by atoms with Crippen LogP contribution in [0, 0.1) is 11.6 Å². The van der Waals surface area contributed by atoms with Crippen molar-refractivity contribution < 1.29 is 17.2 Å². The van der Waals surface area contributed by atoms with Gasteiger partial charge in [0.05, 0.1) is 17.0 Å². The van der Waals surface area contributed by atoms with Crippen LogP contribution in [-0.2, 0) is 23.1 Å². The molecule has 3 heterocycles. The number of nitrogens with zero attached hydrogens (tertiary/aromatic N) is 4. The van der Waals surface area contributed by atoms with Gasteiger partial charge in [-0.1, -0.05) is 0 Å². The number of rotatable bonds is 4. The summed E-state index contributed by atoms with van der Waals surface area (Å²) in [6.45, 7) is 1.82. The third-order valence-corrected chi connectivity index (χ3v) is 8.53. The molecule has 2 fully saturated rings. The summed E-state index contributed by atoms with van der Waals surface area (Å²) in [7, 11) is -1.48. The van der Waals surface area contributed by atoms with Gasteiger partial charge in [-0.25, -0.2) is 17.2 Å². The number of aromatic nitrogens is 2. The number of benzene rings is 1. The lowest BCUT2D eigenvalue weighted by atomic mass is 9.88. The average Bonchev–Trinajstić information content (AvgIpc) is 3.35. The van der Waals surface area contributed by atoms with Crippen molar-refractivity contribution in [2.75, 3.05) is 13.6 Å². The number of nitrogens with two attached hydrogens (primary N) is 1. The lowest BCUT2D eigenvalue weighted by Crippen LogP contribution is -2.54. The van der Waals surface area contributed by atoms with Crippen molar-refractivity contribution in [3.63, 3.8) is 0 Å². The van der Waals surface area contributed by atoms with Gasteiger partial charge in [0.1, 0.15) is 11.6 Å². The molecule has 0 radical (unpaired) electrons. The highest BCUT2D eigenvalue weighted by Gasteiger charge is 2.41. The lowest BCUT2D eigenvalue weighted by molar-refractivity contribution is 0.0585. The zero-order valence-electron chi connectivity index (χ0n) is 16.7. The van der Waals surface area contributed by atoms with Crippen LogP contribution in [0.4, 0.5) is 8.78 Å². The second-order valence-corrected chi connectivity index (χ2v) is 10.8. The van der Waals surface area contributed by atoms with Gasteiger partial charge in [-0.05, 0) is 44.5 Å². The molecule has 0 amide bonds. The molecule has 3 unspecified atom stereocenters. The fourth-order valence-corrected chi connectivity index (χ4v) is 6.35. The summed E-state index contributed by atoms with van der Waals surface area (Å²) in [6, 6.07) is 2.86. The number of hydrogen-bond acceptors (Lipinski definition) is 6. The molecule has 5 rings (SSSR count). The Kier molecular flexibility index (Phi) is 4.73. The first-order valence-electron chi connectivity index (χ1n) is 10.2. The first kappa shape index (κ1) is 20.0. The molecule has 30 heavy (non-hydrogen) atoms. The van der Waals surface area contributed by atoms with Crippen molar-refractivity contribution in [1.82, 2.24) is 19.0 Å². The van der Waals surface area contributed by atoms with Crippen molar-refractivity contribution in [2.45, 2.75) is 55.7 Å². The second kappa shape index (κ2) is 7.08. The minimum atomic E-state index is -3.36. The van der Waals surface area contributed by atoms with E-state index in [-0.39, 0.29) is 22.9 Å². The molecular weight excluding hydrogens is 412 g/mol. The lowest BCUT2D eigenvalue weighted by Gasteiger charge is -2.44. The summed E-state index contributed by atoms with van der Waals surface area (Å²) >= 11 is 0. The van der Waals surface area contributed by atoms with Crippen LogP contribution in [0.1, 0.15) is 42.1 Å². The summed E-state index contributed by atoms with van der Waals surface area (Å²) in [5.41, 5.74) is 8.42. The Balaban J connectivity index is 1.30. The molecule has 2 aromatic rings. The molecule has 2 N–H and O–H groups in total. The Morgan fingerprint density at radius 3 is 2.63 bits per heavy atom. The van der Waals surface area contributed by atoms with Crippen LogP contribution in [0.2, 0.25) is 0 Å². The highest BCUT2D eigenvalue weighted by atomic mass is 32.2. The maximum atomic E-state index is 14.3. The quantitative estimate of drug-likeness (QED) is 0.782. The first-order valence-corrected chi connectivity index (χ1v) is 11.7. The highest BCUT2D eigenvalue weighted by Crippen LogP contribution is 2.36. The smallest absolute Gasteiger partial charge is 0.256 e. The maximum Gasteiger partial charge on any atom is 0.256 e. The summed E-state index contributed by atoms with van der Waals surface area (Å²) < 4.78 is 53.9. The van der Waals surface area contributed by atoms with E-state index in [2.05, 4.69) is 10.00 Å². The standard InChI is InChI=1S/C20H25F2N5O2S/c1-25-10-14(7-18(23)20(25)16-6-13(21)2-5-17(16)22)26-8-12-9-27(24-19(12)11-26)30(28,29)15-3-4-15/h2,5-6,9,14-15,18,20H,3-4,7-8,10-11,23H2,1H3. The van der Waals surface area contributed by atoms with Crippen LogP contribution in [0.15, 0.2) is 24.4 Å². The molecule has 1 aromatic carbocycles.